The first-order chi connectivity index (χ1) is 4.18. The molecule has 1 fully saturated rings. The van der Waals surface area contributed by atoms with E-state index < -0.39 is 13.3 Å². The van der Waals surface area contributed by atoms with Crippen molar-refractivity contribution in [3.63, 3.8) is 0 Å². The third-order valence-electron chi connectivity index (χ3n) is 2.96. The second kappa shape index (κ2) is 1.66. The Hall–Kier alpha value is 0.283. The summed E-state index contributed by atoms with van der Waals surface area (Å²) in [6.07, 6.45) is 6.46. The van der Waals surface area contributed by atoms with Gasteiger partial charge in [0.25, 0.3) is 0 Å². The molecule has 0 aromatic heterocycles. The second-order valence-corrected chi connectivity index (χ2v) is 14.9. The van der Waals surface area contributed by atoms with Crippen molar-refractivity contribution in [2.45, 2.75) is 27.9 Å². The van der Waals surface area contributed by atoms with Gasteiger partial charge in [-0.05, 0) is 0 Å². The fraction of sp³-hybridized carbons (Fsp3) is 0.750. The van der Waals surface area contributed by atoms with E-state index in [0.717, 1.165) is 10.7 Å². The molecule has 1 heterocycles. The normalized spacial score (nSPS) is 44.2. The molecule has 2 atom stereocenters. The summed E-state index contributed by atoms with van der Waals surface area (Å²) in [5, 5.41) is 1.61. The van der Waals surface area contributed by atoms with Crippen molar-refractivity contribution < 1.29 is 0 Å². The maximum atomic E-state index is 2.58. The van der Waals surface area contributed by atoms with Crippen LogP contribution in [0.15, 0.2) is 12.2 Å². The summed E-state index contributed by atoms with van der Waals surface area (Å²) in [6, 6.07) is 0. The average molecular weight is 183 g/mol. The molecule has 0 saturated carbocycles. The molecule has 0 aromatic carbocycles. The summed E-state index contributed by atoms with van der Waals surface area (Å²) in [7, 11) is 0. The Morgan fingerprint density at radius 3 is 2.33 bits per heavy atom. The van der Waals surface area contributed by atoms with E-state index in [1.807, 2.05) is 0 Å². The SMILES string of the molecule is [CH3][Ge]1([CH3])[CH2]C2C=C[CH]1C2. The summed E-state index contributed by atoms with van der Waals surface area (Å²) in [5.41, 5.74) is 0. The van der Waals surface area contributed by atoms with Gasteiger partial charge >= 0.3 is 59.3 Å². The third kappa shape index (κ3) is 0.795. The molecule has 1 aliphatic carbocycles. The van der Waals surface area contributed by atoms with Crippen LogP contribution in [0.1, 0.15) is 6.42 Å². The number of hydrogen-bond acceptors (Lipinski definition) is 0. The molecule has 2 rings (SSSR count). The molecule has 0 spiro atoms. The van der Waals surface area contributed by atoms with Crippen molar-refractivity contribution in [3.8, 4) is 0 Å². The van der Waals surface area contributed by atoms with Crippen molar-refractivity contribution in [2.75, 3.05) is 0 Å². The maximum absolute atomic E-state index is 2.58. The van der Waals surface area contributed by atoms with Crippen LogP contribution < -0.4 is 0 Å². The van der Waals surface area contributed by atoms with Crippen LogP contribution in [0.4, 0.5) is 0 Å². The Labute approximate surface area is 59.7 Å². The van der Waals surface area contributed by atoms with Crippen LogP contribution in [0, 0.1) is 5.92 Å². The topological polar surface area (TPSA) is 0 Å². The van der Waals surface area contributed by atoms with Gasteiger partial charge in [-0.1, -0.05) is 0 Å². The summed E-state index contributed by atoms with van der Waals surface area (Å²) in [5.74, 6) is 6.17. The third-order valence-corrected chi connectivity index (χ3v) is 11.4. The van der Waals surface area contributed by atoms with Crippen molar-refractivity contribution in [1.29, 1.82) is 0 Å². The number of rotatable bonds is 0. The minimum atomic E-state index is -1.17. The molecule has 2 unspecified atom stereocenters. The molecule has 0 N–H and O–H groups in total. The molecule has 0 amide bonds. The zero-order valence-corrected chi connectivity index (χ0v) is 8.32. The minimum absolute atomic E-state index is 1.02. The van der Waals surface area contributed by atoms with Gasteiger partial charge in [-0.2, -0.15) is 0 Å². The van der Waals surface area contributed by atoms with Crippen LogP contribution in [0.2, 0.25) is 21.5 Å². The summed E-state index contributed by atoms with van der Waals surface area (Å²) < 4.78 is 1.09. The average Bonchev–Trinajstić information content (AvgIpc) is 2.19. The molecule has 9 heavy (non-hydrogen) atoms. The molecule has 1 saturated heterocycles. The fourth-order valence-corrected chi connectivity index (χ4v) is 9.74. The van der Waals surface area contributed by atoms with E-state index in [1.165, 1.54) is 6.42 Å². The van der Waals surface area contributed by atoms with E-state index in [-0.39, 0.29) is 0 Å². The van der Waals surface area contributed by atoms with Crippen molar-refractivity contribution >= 4 is 13.3 Å². The van der Waals surface area contributed by atoms with E-state index in [0.29, 0.717) is 0 Å². The monoisotopic (exact) mass is 184 g/mol. The zero-order valence-electron chi connectivity index (χ0n) is 6.22. The van der Waals surface area contributed by atoms with Crippen LogP contribution in [-0.4, -0.2) is 13.3 Å². The first-order valence-corrected chi connectivity index (χ1v) is 10.8. The van der Waals surface area contributed by atoms with E-state index in [2.05, 4.69) is 23.7 Å². The summed E-state index contributed by atoms with van der Waals surface area (Å²) >= 11 is -1.17. The standard InChI is InChI=1S/C8H14Ge/c1-9(2)6-7-3-4-8(9)5-7/h3-4,7-8H,5-6H2,1-2H3. The van der Waals surface area contributed by atoms with Gasteiger partial charge in [0, 0.05) is 0 Å². The predicted molar refractivity (Wildman–Crippen MR) is 43.3 cm³/mol. The molecular weight excluding hydrogens is 169 g/mol. The Balaban J connectivity index is 2.29. The van der Waals surface area contributed by atoms with Crippen LogP contribution in [0.3, 0.4) is 0 Å². The van der Waals surface area contributed by atoms with E-state index in [4.69, 9.17) is 0 Å². The van der Waals surface area contributed by atoms with Crippen molar-refractivity contribution in [3.05, 3.63) is 12.2 Å². The molecule has 0 nitrogen and oxygen atoms in total. The molecule has 50 valence electrons. The van der Waals surface area contributed by atoms with Crippen LogP contribution in [0.25, 0.3) is 0 Å². The van der Waals surface area contributed by atoms with Gasteiger partial charge in [0.15, 0.2) is 0 Å². The van der Waals surface area contributed by atoms with Gasteiger partial charge in [0.1, 0.15) is 0 Å². The Morgan fingerprint density at radius 2 is 2.11 bits per heavy atom. The first kappa shape index (κ1) is 6.02. The number of allylic oxidation sites excluding steroid dienone is 2. The van der Waals surface area contributed by atoms with Crippen LogP contribution >= 0.6 is 0 Å². The van der Waals surface area contributed by atoms with Crippen molar-refractivity contribution in [1.82, 2.24) is 0 Å². The van der Waals surface area contributed by atoms with E-state index in [1.54, 1.807) is 5.25 Å². The van der Waals surface area contributed by atoms with E-state index in [9.17, 15) is 0 Å². The Morgan fingerprint density at radius 1 is 1.33 bits per heavy atom. The van der Waals surface area contributed by atoms with Gasteiger partial charge in [-0.25, -0.2) is 0 Å². The molecule has 0 aromatic rings. The number of hydrogen-bond donors (Lipinski definition) is 0. The van der Waals surface area contributed by atoms with Crippen LogP contribution in [-0.2, 0) is 0 Å². The Bertz CT molecular complexity index is 158. The molecule has 1 aliphatic heterocycles. The number of fused-ring (bicyclic) bond motifs is 2. The zero-order chi connectivity index (χ0) is 6.48. The van der Waals surface area contributed by atoms with Crippen LogP contribution in [0.5, 0.6) is 0 Å². The molecule has 0 radical (unpaired) electrons. The summed E-state index contributed by atoms with van der Waals surface area (Å²) in [4.78, 5) is 0. The summed E-state index contributed by atoms with van der Waals surface area (Å²) in [6.45, 7) is 0. The quantitative estimate of drug-likeness (QED) is 0.399. The van der Waals surface area contributed by atoms with Gasteiger partial charge < -0.3 is 0 Å². The van der Waals surface area contributed by atoms with Gasteiger partial charge in [-0.3, -0.25) is 0 Å². The van der Waals surface area contributed by atoms with Gasteiger partial charge in [-0.15, -0.1) is 0 Å². The Kier molecular flexibility index (Phi) is 1.11. The first-order valence-electron chi connectivity index (χ1n) is 3.87. The fourth-order valence-electron chi connectivity index (χ4n) is 2.33. The predicted octanol–water partition coefficient (Wildman–Crippen LogP) is 2.65. The van der Waals surface area contributed by atoms with Gasteiger partial charge in [0.2, 0.25) is 0 Å². The molecule has 1 heteroatoms. The molecule has 2 aliphatic rings. The van der Waals surface area contributed by atoms with Crippen molar-refractivity contribution in [2.24, 2.45) is 5.92 Å². The van der Waals surface area contributed by atoms with E-state index >= 15 is 0 Å². The second-order valence-electron chi connectivity index (χ2n) is 4.18. The molecule has 2 bridgehead atoms. The molecular formula is C8H14Ge. The van der Waals surface area contributed by atoms with Gasteiger partial charge in [0.05, 0.1) is 0 Å².